The van der Waals surface area contributed by atoms with E-state index in [-0.39, 0.29) is 4.83 Å². The van der Waals surface area contributed by atoms with Crippen molar-refractivity contribution in [3.63, 3.8) is 0 Å². The highest BCUT2D eigenvalue weighted by Gasteiger charge is 2.13. The number of alkyl halides is 1. The predicted molar refractivity (Wildman–Crippen MR) is 65.4 cm³/mol. The second kappa shape index (κ2) is 4.23. The lowest BCUT2D eigenvalue weighted by Gasteiger charge is -2.12. The Morgan fingerprint density at radius 1 is 1.20 bits per heavy atom. The van der Waals surface area contributed by atoms with Crippen LogP contribution in [0.15, 0.2) is 41.2 Å². The zero-order chi connectivity index (χ0) is 10.8. The third-order valence-electron chi connectivity index (χ3n) is 2.54. The van der Waals surface area contributed by atoms with Gasteiger partial charge in [-0.15, -0.1) is 0 Å². The Hall–Kier alpha value is -1.02. The Morgan fingerprint density at radius 3 is 2.67 bits per heavy atom. The highest BCUT2D eigenvalue weighted by molar-refractivity contribution is 9.09. The van der Waals surface area contributed by atoms with Crippen LogP contribution in [0.25, 0.3) is 0 Å². The largest absolute Gasteiger partial charge is 0.472 e. The van der Waals surface area contributed by atoms with Crippen LogP contribution >= 0.6 is 15.9 Å². The molecule has 2 rings (SSSR count). The van der Waals surface area contributed by atoms with Gasteiger partial charge in [-0.1, -0.05) is 39.7 Å². The van der Waals surface area contributed by atoms with E-state index in [1.54, 1.807) is 12.5 Å². The SMILES string of the molecule is Cc1ccc(C)c(C(Br)c2ccoc2)c1. The van der Waals surface area contributed by atoms with Crippen LogP contribution < -0.4 is 0 Å². The lowest BCUT2D eigenvalue weighted by Crippen LogP contribution is -1.94. The third-order valence-corrected chi connectivity index (χ3v) is 3.57. The number of halogens is 1. The Bertz CT molecular complexity index is 446. The summed E-state index contributed by atoms with van der Waals surface area (Å²) in [5, 5.41) is 0. The summed E-state index contributed by atoms with van der Waals surface area (Å²) in [7, 11) is 0. The summed E-state index contributed by atoms with van der Waals surface area (Å²) in [6, 6.07) is 8.48. The van der Waals surface area contributed by atoms with Crippen LogP contribution in [0.1, 0.15) is 27.1 Å². The second-order valence-corrected chi connectivity index (χ2v) is 4.69. The summed E-state index contributed by atoms with van der Waals surface area (Å²) in [6.45, 7) is 4.24. The number of hydrogen-bond donors (Lipinski definition) is 0. The van der Waals surface area contributed by atoms with Crippen molar-refractivity contribution in [3.8, 4) is 0 Å². The fraction of sp³-hybridized carbons (Fsp3) is 0.231. The molecule has 0 radical (unpaired) electrons. The van der Waals surface area contributed by atoms with Crippen molar-refractivity contribution in [1.82, 2.24) is 0 Å². The zero-order valence-electron chi connectivity index (χ0n) is 8.83. The Balaban J connectivity index is 2.41. The summed E-state index contributed by atoms with van der Waals surface area (Å²) >= 11 is 3.70. The monoisotopic (exact) mass is 264 g/mol. The molecule has 0 aliphatic rings. The molecule has 0 saturated carbocycles. The molecule has 0 saturated heterocycles. The van der Waals surface area contributed by atoms with Crippen LogP contribution in [0.4, 0.5) is 0 Å². The van der Waals surface area contributed by atoms with Crippen LogP contribution in [0.3, 0.4) is 0 Å². The topological polar surface area (TPSA) is 13.1 Å². The summed E-state index contributed by atoms with van der Waals surface area (Å²) in [6.07, 6.45) is 3.48. The molecule has 2 aromatic rings. The second-order valence-electron chi connectivity index (χ2n) is 3.78. The van der Waals surface area contributed by atoms with Gasteiger partial charge in [0.1, 0.15) is 0 Å². The molecule has 0 aliphatic heterocycles. The average molecular weight is 265 g/mol. The van der Waals surface area contributed by atoms with Crippen molar-refractivity contribution in [3.05, 3.63) is 59.0 Å². The first-order valence-electron chi connectivity index (χ1n) is 4.92. The smallest absolute Gasteiger partial charge is 0.0949 e. The molecule has 0 N–H and O–H groups in total. The maximum absolute atomic E-state index is 5.10. The van der Waals surface area contributed by atoms with Gasteiger partial charge in [0.2, 0.25) is 0 Å². The zero-order valence-corrected chi connectivity index (χ0v) is 10.4. The van der Waals surface area contributed by atoms with Crippen LogP contribution in [0.5, 0.6) is 0 Å². The first kappa shape index (κ1) is 10.5. The fourth-order valence-corrected chi connectivity index (χ4v) is 2.39. The van der Waals surface area contributed by atoms with Gasteiger partial charge in [0.05, 0.1) is 17.4 Å². The summed E-state index contributed by atoms with van der Waals surface area (Å²) in [4.78, 5) is 0.219. The Labute approximate surface area is 98.2 Å². The molecule has 2 heteroatoms. The average Bonchev–Trinajstić information content (AvgIpc) is 2.74. The number of rotatable bonds is 2. The summed E-state index contributed by atoms with van der Waals surface area (Å²) in [5.74, 6) is 0. The van der Waals surface area contributed by atoms with E-state index in [4.69, 9.17) is 4.42 Å². The van der Waals surface area contributed by atoms with E-state index >= 15 is 0 Å². The minimum Gasteiger partial charge on any atom is -0.472 e. The van der Waals surface area contributed by atoms with Gasteiger partial charge in [0.15, 0.2) is 0 Å². The number of aryl methyl sites for hydroxylation is 2. The molecule has 78 valence electrons. The standard InChI is InChI=1S/C13H13BrO/c1-9-3-4-10(2)12(7-9)13(14)11-5-6-15-8-11/h3-8,13H,1-2H3. The summed E-state index contributed by atoms with van der Waals surface area (Å²) < 4.78 is 5.10. The molecule has 0 aliphatic carbocycles. The molecule has 1 aromatic heterocycles. The minimum absolute atomic E-state index is 0.219. The third kappa shape index (κ3) is 2.15. The van der Waals surface area contributed by atoms with Crippen molar-refractivity contribution in [2.24, 2.45) is 0 Å². The van der Waals surface area contributed by atoms with Crippen LogP contribution in [-0.4, -0.2) is 0 Å². The van der Waals surface area contributed by atoms with E-state index in [9.17, 15) is 0 Å². The fourth-order valence-electron chi connectivity index (χ4n) is 1.63. The van der Waals surface area contributed by atoms with Crippen molar-refractivity contribution in [2.45, 2.75) is 18.7 Å². The van der Waals surface area contributed by atoms with Gasteiger partial charge in [-0.2, -0.15) is 0 Å². The Kier molecular flexibility index (Phi) is 2.96. The van der Waals surface area contributed by atoms with E-state index in [2.05, 4.69) is 48.0 Å². The van der Waals surface area contributed by atoms with Crippen molar-refractivity contribution >= 4 is 15.9 Å². The van der Waals surface area contributed by atoms with Crippen molar-refractivity contribution in [1.29, 1.82) is 0 Å². The highest BCUT2D eigenvalue weighted by Crippen LogP contribution is 2.33. The molecule has 0 bridgehead atoms. The molecular weight excluding hydrogens is 252 g/mol. The Morgan fingerprint density at radius 2 is 2.00 bits per heavy atom. The molecule has 1 nitrogen and oxygen atoms in total. The van der Waals surface area contributed by atoms with E-state index in [1.165, 1.54) is 16.7 Å². The van der Waals surface area contributed by atoms with E-state index < -0.39 is 0 Å². The van der Waals surface area contributed by atoms with Gasteiger partial charge in [-0.25, -0.2) is 0 Å². The number of furan rings is 1. The first-order chi connectivity index (χ1) is 7.18. The van der Waals surface area contributed by atoms with Crippen LogP contribution in [-0.2, 0) is 0 Å². The van der Waals surface area contributed by atoms with Gasteiger partial charge >= 0.3 is 0 Å². The predicted octanol–water partition coefficient (Wildman–Crippen LogP) is 4.38. The van der Waals surface area contributed by atoms with E-state index in [1.807, 2.05) is 6.07 Å². The van der Waals surface area contributed by atoms with Crippen molar-refractivity contribution in [2.75, 3.05) is 0 Å². The first-order valence-corrected chi connectivity index (χ1v) is 5.83. The molecule has 1 heterocycles. The lowest BCUT2D eigenvalue weighted by atomic mass is 10.00. The van der Waals surface area contributed by atoms with E-state index in [0.29, 0.717) is 0 Å². The van der Waals surface area contributed by atoms with Gasteiger partial charge < -0.3 is 4.42 Å². The quantitative estimate of drug-likeness (QED) is 0.734. The number of benzene rings is 1. The number of hydrogen-bond acceptors (Lipinski definition) is 1. The summed E-state index contributed by atoms with van der Waals surface area (Å²) in [5.41, 5.74) is 5.03. The molecule has 15 heavy (non-hydrogen) atoms. The van der Waals surface area contributed by atoms with Gasteiger partial charge in [0.25, 0.3) is 0 Å². The molecule has 1 aromatic carbocycles. The minimum atomic E-state index is 0.219. The maximum Gasteiger partial charge on any atom is 0.0949 e. The molecule has 1 atom stereocenters. The molecule has 0 amide bonds. The van der Waals surface area contributed by atoms with Gasteiger partial charge in [-0.05, 0) is 31.0 Å². The van der Waals surface area contributed by atoms with Crippen LogP contribution in [0.2, 0.25) is 0 Å². The highest BCUT2D eigenvalue weighted by atomic mass is 79.9. The molecule has 0 spiro atoms. The normalized spacial score (nSPS) is 12.7. The molecule has 1 unspecified atom stereocenters. The van der Waals surface area contributed by atoms with E-state index in [0.717, 1.165) is 5.56 Å². The van der Waals surface area contributed by atoms with Crippen molar-refractivity contribution < 1.29 is 4.42 Å². The molecule has 0 fully saturated rings. The van der Waals surface area contributed by atoms with Gasteiger partial charge in [-0.3, -0.25) is 0 Å². The van der Waals surface area contributed by atoms with Gasteiger partial charge in [0, 0.05) is 5.56 Å². The lowest BCUT2D eigenvalue weighted by molar-refractivity contribution is 0.564. The maximum atomic E-state index is 5.10. The molecular formula is C13H13BrO. The van der Waals surface area contributed by atoms with Crippen LogP contribution in [0, 0.1) is 13.8 Å².